The van der Waals surface area contributed by atoms with Crippen LogP contribution in [0.4, 0.5) is 0 Å². The molecule has 0 spiro atoms. The van der Waals surface area contributed by atoms with E-state index in [2.05, 4.69) is 91.0 Å². The van der Waals surface area contributed by atoms with Crippen LogP contribution in [0, 0.1) is 5.92 Å². The molecule has 0 saturated carbocycles. The van der Waals surface area contributed by atoms with Crippen LogP contribution in [0.3, 0.4) is 0 Å². The lowest BCUT2D eigenvalue weighted by molar-refractivity contribution is 0.189. The maximum atomic E-state index is 5.73. The van der Waals surface area contributed by atoms with Crippen molar-refractivity contribution in [2.24, 2.45) is 5.92 Å². The van der Waals surface area contributed by atoms with Gasteiger partial charge in [0.15, 0.2) is 0 Å². The molecule has 2 heteroatoms. The summed E-state index contributed by atoms with van der Waals surface area (Å²) in [5.41, 5.74) is 0. The first-order chi connectivity index (χ1) is 12.4. The van der Waals surface area contributed by atoms with E-state index in [-0.39, 0.29) is 0 Å². The van der Waals surface area contributed by atoms with Crippen molar-refractivity contribution in [2.75, 3.05) is 19.4 Å². The molecule has 1 heterocycles. The molecular weight excluding hydrogens is 323 g/mol. The second kappa shape index (κ2) is 7.52. The summed E-state index contributed by atoms with van der Waals surface area (Å²) in [6.45, 7) is 1.80. The normalized spacial score (nSPS) is 17.5. The van der Waals surface area contributed by atoms with Crippen LogP contribution in [0.1, 0.15) is 6.42 Å². The molecule has 1 nitrogen and oxygen atoms in total. The molecule has 1 aliphatic rings. The first kappa shape index (κ1) is 16.5. The van der Waals surface area contributed by atoms with Crippen LogP contribution in [0.2, 0.25) is 0 Å². The third-order valence-corrected chi connectivity index (χ3v) is 9.75. The highest BCUT2D eigenvalue weighted by Crippen LogP contribution is 2.57. The summed E-state index contributed by atoms with van der Waals surface area (Å²) < 4.78 is 5.73. The van der Waals surface area contributed by atoms with Gasteiger partial charge in [-0.15, -0.1) is 0 Å². The summed E-state index contributed by atoms with van der Waals surface area (Å²) >= 11 is 0. The molecule has 0 radical (unpaired) electrons. The molecule has 3 aromatic carbocycles. The van der Waals surface area contributed by atoms with Crippen LogP contribution < -0.4 is 15.9 Å². The van der Waals surface area contributed by atoms with E-state index in [1.807, 2.05) is 0 Å². The van der Waals surface area contributed by atoms with Gasteiger partial charge in [0.25, 0.3) is 0 Å². The van der Waals surface area contributed by atoms with Crippen LogP contribution >= 0.6 is 7.26 Å². The van der Waals surface area contributed by atoms with Crippen LogP contribution in [-0.2, 0) is 4.74 Å². The van der Waals surface area contributed by atoms with Crippen molar-refractivity contribution in [1.82, 2.24) is 0 Å². The zero-order valence-corrected chi connectivity index (χ0v) is 15.3. The smallest absolute Gasteiger partial charge is 0.112 e. The highest BCUT2D eigenvalue weighted by molar-refractivity contribution is 7.95. The van der Waals surface area contributed by atoms with Gasteiger partial charge in [-0.1, -0.05) is 54.6 Å². The first-order valence-corrected chi connectivity index (χ1v) is 11.0. The van der Waals surface area contributed by atoms with Crippen molar-refractivity contribution in [2.45, 2.75) is 6.42 Å². The Morgan fingerprint density at radius 2 is 1.12 bits per heavy atom. The fraction of sp³-hybridized carbons (Fsp3) is 0.217. The van der Waals surface area contributed by atoms with Crippen LogP contribution in [0.15, 0.2) is 91.0 Å². The highest BCUT2D eigenvalue weighted by Gasteiger charge is 2.47. The number of ether oxygens (including phenoxy) is 1. The van der Waals surface area contributed by atoms with Gasteiger partial charge in [-0.25, -0.2) is 0 Å². The van der Waals surface area contributed by atoms with Gasteiger partial charge < -0.3 is 4.74 Å². The second-order valence-corrected chi connectivity index (χ2v) is 10.3. The molecule has 4 rings (SSSR count). The van der Waals surface area contributed by atoms with Crippen molar-refractivity contribution < 1.29 is 4.74 Å². The molecule has 25 heavy (non-hydrogen) atoms. The Morgan fingerprint density at radius 1 is 0.680 bits per heavy atom. The zero-order valence-electron chi connectivity index (χ0n) is 14.4. The van der Waals surface area contributed by atoms with Crippen LogP contribution in [0.25, 0.3) is 0 Å². The molecule has 0 bridgehead atoms. The maximum absolute atomic E-state index is 5.73. The van der Waals surface area contributed by atoms with E-state index >= 15 is 0 Å². The van der Waals surface area contributed by atoms with Gasteiger partial charge in [-0.05, 0) is 42.8 Å². The van der Waals surface area contributed by atoms with Gasteiger partial charge in [-0.2, -0.15) is 0 Å². The topological polar surface area (TPSA) is 9.23 Å². The molecule has 3 aromatic rings. The Morgan fingerprint density at radius 3 is 1.48 bits per heavy atom. The molecule has 0 aromatic heterocycles. The van der Waals surface area contributed by atoms with Crippen molar-refractivity contribution in [3.05, 3.63) is 91.0 Å². The number of benzene rings is 3. The van der Waals surface area contributed by atoms with Gasteiger partial charge in [0, 0.05) is 12.5 Å². The van der Waals surface area contributed by atoms with Gasteiger partial charge in [-0.3, -0.25) is 0 Å². The molecule has 0 amide bonds. The second-order valence-electron chi connectivity index (χ2n) is 6.73. The Bertz CT molecular complexity index is 683. The fourth-order valence-corrected chi connectivity index (χ4v) is 8.56. The number of hydrogen-bond acceptors (Lipinski definition) is 1. The fourth-order valence-electron chi connectivity index (χ4n) is 3.93. The Kier molecular flexibility index (Phi) is 4.97. The van der Waals surface area contributed by atoms with E-state index < -0.39 is 7.26 Å². The monoisotopic (exact) mass is 347 g/mol. The molecule has 1 aliphatic heterocycles. The van der Waals surface area contributed by atoms with E-state index in [0.717, 1.165) is 13.2 Å². The molecule has 1 unspecified atom stereocenters. The van der Waals surface area contributed by atoms with Gasteiger partial charge >= 0.3 is 0 Å². The highest BCUT2D eigenvalue weighted by atomic mass is 31.2. The van der Waals surface area contributed by atoms with Crippen molar-refractivity contribution in [3.8, 4) is 0 Å². The predicted octanol–water partition coefficient (Wildman–Crippen LogP) is 4.02. The lowest BCUT2D eigenvalue weighted by Gasteiger charge is -2.29. The summed E-state index contributed by atoms with van der Waals surface area (Å²) in [6.07, 6.45) is 2.36. The summed E-state index contributed by atoms with van der Waals surface area (Å²) in [4.78, 5) is 0. The summed E-state index contributed by atoms with van der Waals surface area (Å²) in [5, 5.41) is 4.41. The molecular formula is C23H24OP+. The first-order valence-electron chi connectivity index (χ1n) is 9.02. The Labute approximate surface area is 151 Å². The summed E-state index contributed by atoms with van der Waals surface area (Å²) in [5.74, 6) is 0.633. The number of hydrogen-bond donors (Lipinski definition) is 0. The molecule has 0 aliphatic carbocycles. The van der Waals surface area contributed by atoms with Crippen LogP contribution in [0.5, 0.6) is 0 Å². The van der Waals surface area contributed by atoms with E-state index in [0.29, 0.717) is 5.92 Å². The molecule has 1 saturated heterocycles. The Balaban J connectivity index is 1.93. The maximum Gasteiger partial charge on any atom is 0.112 e. The molecule has 126 valence electrons. The average molecular weight is 347 g/mol. The minimum atomic E-state index is -1.68. The van der Waals surface area contributed by atoms with Gasteiger partial charge in [0.2, 0.25) is 0 Å². The molecule has 1 fully saturated rings. The molecule has 0 N–H and O–H groups in total. The number of rotatable bonds is 5. The average Bonchev–Trinajstić information content (AvgIpc) is 3.21. The van der Waals surface area contributed by atoms with Gasteiger partial charge in [0.1, 0.15) is 23.2 Å². The third kappa shape index (κ3) is 3.27. The van der Waals surface area contributed by atoms with Crippen molar-refractivity contribution >= 4 is 23.2 Å². The van der Waals surface area contributed by atoms with E-state index in [1.165, 1.54) is 28.5 Å². The minimum absolute atomic E-state index is 0.633. The zero-order chi connectivity index (χ0) is 17.0. The largest absolute Gasteiger partial charge is 0.381 e. The Hall–Kier alpha value is -1.95. The van der Waals surface area contributed by atoms with Crippen LogP contribution in [-0.4, -0.2) is 19.4 Å². The quantitative estimate of drug-likeness (QED) is 0.634. The van der Waals surface area contributed by atoms with Crippen molar-refractivity contribution in [1.29, 1.82) is 0 Å². The SMILES string of the molecule is c1ccc([P+](CC2CCOC2)(c2ccccc2)c2ccccc2)cc1. The summed E-state index contributed by atoms with van der Waals surface area (Å²) in [7, 11) is -1.68. The van der Waals surface area contributed by atoms with E-state index in [9.17, 15) is 0 Å². The standard InChI is InChI=1S/C23H24OP/c1-4-10-21(11-5-1)25(19-20-16-17-24-18-20,22-12-6-2-7-13-22)23-14-8-3-9-15-23/h1-15,20H,16-19H2/q+1. The third-order valence-electron chi connectivity index (χ3n) is 5.15. The predicted molar refractivity (Wildman–Crippen MR) is 109 cm³/mol. The van der Waals surface area contributed by atoms with Gasteiger partial charge in [0.05, 0.1) is 12.8 Å². The van der Waals surface area contributed by atoms with E-state index in [4.69, 9.17) is 4.74 Å². The lowest BCUT2D eigenvalue weighted by Crippen LogP contribution is -2.35. The summed E-state index contributed by atoms with van der Waals surface area (Å²) in [6, 6.07) is 33.4. The lowest BCUT2D eigenvalue weighted by atomic mass is 10.2. The van der Waals surface area contributed by atoms with E-state index in [1.54, 1.807) is 0 Å². The van der Waals surface area contributed by atoms with Crippen molar-refractivity contribution in [3.63, 3.8) is 0 Å². The minimum Gasteiger partial charge on any atom is -0.381 e. The molecule has 1 atom stereocenters.